The van der Waals surface area contributed by atoms with Gasteiger partial charge in [-0.15, -0.1) is 0 Å². The minimum atomic E-state index is -2.88. The normalized spacial score (nSPS) is 10.9. The third-order valence-corrected chi connectivity index (χ3v) is 20.9. The van der Waals surface area contributed by atoms with Gasteiger partial charge in [0.05, 0.1) is 0 Å². The van der Waals surface area contributed by atoms with Crippen LogP contribution in [-0.2, 0) is 0 Å². The van der Waals surface area contributed by atoms with Gasteiger partial charge in [-0.2, -0.15) is 0 Å². The van der Waals surface area contributed by atoms with Crippen LogP contribution in [0, 0.1) is 0 Å². The van der Waals surface area contributed by atoms with Crippen LogP contribution in [0.5, 0.6) is 0 Å². The summed E-state index contributed by atoms with van der Waals surface area (Å²) in [6, 6.07) is 63.0. The van der Waals surface area contributed by atoms with Crippen molar-refractivity contribution in [1.82, 2.24) is 0 Å². The van der Waals surface area contributed by atoms with E-state index in [-0.39, 0.29) is 0 Å². The molecule has 0 aliphatic rings. The van der Waals surface area contributed by atoms with Crippen molar-refractivity contribution in [1.29, 1.82) is 0 Å². The van der Waals surface area contributed by atoms with Gasteiger partial charge < -0.3 is 4.80 Å². The van der Waals surface area contributed by atoms with E-state index in [9.17, 15) is 4.80 Å². The van der Waals surface area contributed by atoms with E-state index in [1.54, 1.807) is 9.37 Å². The molecule has 1 nitrogen and oxygen atoms in total. The first kappa shape index (κ1) is 27.0. The second-order valence-corrected chi connectivity index (χ2v) is 22.1. The molecule has 1 radical (unpaired) electrons. The monoisotopic (exact) mass is 715 g/mol. The van der Waals surface area contributed by atoms with E-state index >= 15 is 0 Å². The Kier molecular flexibility index (Phi) is 9.33. The molecule has 0 aromatic heterocycles. The first-order valence-electron chi connectivity index (χ1n) is 13.2. The van der Waals surface area contributed by atoms with Gasteiger partial charge in [-0.05, 0) is 15.6 Å². The molecular formula is C36H31OPbSi. The van der Waals surface area contributed by atoms with E-state index < -0.39 is 31.0 Å². The molecule has 0 saturated heterocycles. The maximum atomic E-state index is 11.6. The number of hydrogen-bond acceptors (Lipinski definition) is 1. The van der Waals surface area contributed by atoms with Crippen molar-refractivity contribution < 1.29 is 4.80 Å². The molecule has 3 heteroatoms. The molecule has 0 atom stereocenters. The molecule has 6 rings (SSSR count). The fourth-order valence-corrected chi connectivity index (χ4v) is 17.9. The quantitative estimate of drug-likeness (QED) is 0.206. The van der Waals surface area contributed by atoms with Crippen LogP contribution in [0.2, 0.25) is 0 Å². The minimum absolute atomic E-state index is 1.01. The van der Waals surface area contributed by atoms with Crippen LogP contribution in [0.1, 0.15) is 0 Å². The molecule has 0 fully saturated rings. The Morgan fingerprint density at radius 2 is 0.513 bits per heavy atom. The average molecular weight is 715 g/mol. The molecular weight excluding hydrogens is 684 g/mol. The van der Waals surface area contributed by atoms with Crippen LogP contribution in [0.25, 0.3) is 0 Å². The van der Waals surface area contributed by atoms with Crippen LogP contribution < -0.4 is 24.9 Å². The summed E-state index contributed by atoms with van der Waals surface area (Å²) in [5.74, 6) is 0. The summed E-state index contributed by atoms with van der Waals surface area (Å²) >= 11 is -2.17. The molecule has 1 N–H and O–H groups in total. The van der Waals surface area contributed by atoms with Crippen LogP contribution in [0.3, 0.4) is 0 Å². The zero-order valence-corrected chi connectivity index (χ0v) is 26.7. The zero-order chi connectivity index (χ0) is 26.8. The van der Waals surface area contributed by atoms with Gasteiger partial charge in [-0.1, -0.05) is 91.0 Å². The Hall–Kier alpha value is -3.58. The van der Waals surface area contributed by atoms with E-state index in [4.69, 9.17) is 0 Å². The Labute approximate surface area is 241 Å². The Bertz CT molecular complexity index is 1340. The van der Waals surface area contributed by atoms with Crippen LogP contribution in [0.15, 0.2) is 182 Å². The number of rotatable bonds is 6. The van der Waals surface area contributed by atoms with Gasteiger partial charge in [0.15, 0.2) is 0 Å². The molecule has 6 aromatic rings. The Balaban J connectivity index is 0.000000158. The first-order chi connectivity index (χ1) is 19.3. The number of hydrogen-bond donors (Lipinski definition) is 1. The third-order valence-electron chi connectivity index (χ3n) is 6.76. The van der Waals surface area contributed by atoms with Crippen molar-refractivity contribution in [2.75, 3.05) is 0 Å². The fourth-order valence-electron chi connectivity index (χ4n) is 4.85. The first-order valence-corrected chi connectivity index (χ1v) is 21.0. The van der Waals surface area contributed by atoms with E-state index in [0.29, 0.717) is 0 Å². The predicted molar refractivity (Wildman–Crippen MR) is 170 cm³/mol. The zero-order valence-electron chi connectivity index (χ0n) is 21.8. The Morgan fingerprint density at radius 3 is 0.744 bits per heavy atom. The molecule has 6 aromatic carbocycles. The topological polar surface area (TPSA) is 20.2 Å². The van der Waals surface area contributed by atoms with Gasteiger partial charge in [0.2, 0.25) is 0 Å². The maximum absolute atomic E-state index is 11.6. The van der Waals surface area contributed by atoms with Gasteiger partial charge in [-0.3, -0.25) is 0 Å². The predicted octanol–water partition coefficient (Wildman–Crippen LogP) is 3.85. The summed E-state index contributed by atoms with van der Waals surface area (Å²) in [6.45, 7) is 0. The molecule has 0 unspecified atom stereocenters. The van der Waals surface area contributed by atoms with Crippen molar-refractivity contribution >= 4 is 55.9 Å². The van der Waals surface area contributed by atoms with E-state index in [0.717, 1.165) is 15.6 Å². The molecule has 0 aliphatic carbocycles. The summed E-state index contributed by atoms with van der Waals surface area (Å²) in [5, 5.41) is 3.03. The summed E-state index contributed by atoms with van der Waals surface area (Å²) in [7, 11) is -2.88. The summed E-state index contributed by atoms with van der Waals surface area (Å²) in [4.78, 5) is 11.6. The van der Waals surface area contributed by atoms with Crippen molar-refractivity contribution in [2.24, 2.45) is 0 Å². The molecule has 0 bridgehead atoms. The van der Waals surface area contributed by atoms with Gasteiger partial charge in [0, 0.05) is 0 Å². The average Bonchev–Trinajstić information content (AvgIpc) is 3.04. The van der Waals surface area contributed by atoms with Crippen LogP contribution in [0.4, 0.5) is 0 Å². The number of benzene rings is 6. The molecule has 0 heterocycles. The SMILES string of the molecule is O[Si](c1ccccc1)(c1ccccc1)c1ccccc1.c1cc[c]([Pb]([c]2ccccc2)[c]2ccccc2)cc1. The van der Waals surface area contributed by atoms with E-state index in [1.165, 1.54) is 0 Å². The van der Waals surface area contributed by atoms with Gasteiger partial charge in [0.25, 0.3) is 8.32 Å². The second-order valence-electron chi connectivity index (χ2n) is 9.28. The standard InChI is InChI=1S/C18H16OSi.3C6H5.Pb/c19-20(16-10-4-1-5-11-16,17-12-6-2-7-13-17)18-14-8-3-9-15-18;3*1-2-4-6-5-3-1;/h1-15,19H;3*1-5H;. The summed E-state index contributed by atoms with van der Waals surface area (Å²) in [6.07, 6.45) is 0. The summed E-state index contributed by atoms with van der Waals surface area (Å²) in [5.41, 5.74) is 0. The second kappa shape index (κ2) is 13.5. The molecule has 39 heavy (non-hydrogen) atoms. The van der Waals surface area contributed by atoms with Crippen molar-refractivity contribution in [3.63, 3.8) is 0 Å². The van der Waals surface area contributed by atoms with E-state index in [1.807, 2.05) is 91.0 Å². The molecule has 0 amide bonds. The molecule has 0 spiro atoms. The van der Waals surface area contributed by atoms with Gasteiger partial charge in [0.1, 0.15) is 0 Å². The fraction of sp³-hybridized carbons (Fsp3) is 0. The van der Waals surface area contributed by atoms with Gasteiger partial charge in [-0.25, -0.2) is 0 Å². The third kappa shape index (κ3) is 6.53. The van der Waals surface area contributed by atoms with Crippen molar-refractivity contribution in [3.05, 3.63) is 182 Å². The molecule has 189 valence electrons. The molecule has 0 saturated carbocycles. The van der Waals surface area contributed by atoms with Crippen molar-refractivity contribution in [3.8, 4) is 0 Å². The Morgan fingerprint density at radius 1 is 0.308 bits per heavy atom. The van der Waals surface area contributed by atoms with Crippen molar-refractivity contribution in [2.45, 2.75) is 0 Å². The summed E-state index contributed by atoms with van der Waals surface area (Å²) < 4.78 is 4.64. The molecule has 0 aliphatic heterocycles. The van der Waals surface area contributed by atoms with Gasteiger partial charge >= 0.3 is 123 Å². The van der Waals surface area contributed by atoms with Crippen LogP contribution >= 0.6 is 0 Å². The van der Waals surface area contributed by atoms with Crippen LogP contribution in [-0.4, -0.2) is 35.8 Å². The van der Waals surface area contributed by atoms with E-state index in [2.05, 4.69) is 91.0 Å².